The van der Waals surface area contributed by atoms with Gasteiger partial charge in [-0.2, -0.15) is 0 Å². The fourth-order valence-corrected chi connectivity index (χ4v) is 2.92. The van der Waals surface area contributed by atoms with E-state index in [2.05, 4.69) is 4.98 Å². The Hall–Kier alpha value is -2.69. The van der Waals surface area contributed by atoms with Crippen LogP contribution in [0.3, 0.4) is 0 Å². The molecule has 3 aromatic rings. The van der Waals surface area contributed by atoms with E-state index in [0.29, 0.717) is 17.1 Å². The van der Waals surface area contributed by atoms with Crippen LogP contribution in [0.2, 0.25) is 0 Å². The maximum atomic E-state index is 13.5. The normalized spacial score (nSPS) is 14.6. The number of hydrogen-bond donors (Lipinski definition) is 0. The fourth-order valence-electron chi connectivity index (χ4n) is 2.92. The van der Waals surface area contributed by atoms with E-state index >= 15 is 0 Å². The summed E-state index contributed by atoms with van der Waals surface area (Å²) in [6, 6.07) is 7.14. The van der Waals surface area contributed by atoms with Crippen molar-refractivity contribution in [3.05, 3.63) is 54.1 Å². The molecule has 0 bridgehead atoms. The van der Waals surface area contributed by atoms with Crippen molar-refractivity contribution in [1.82, 2.24) is 14.5 Å². The predicted molar refractivity (Wildman–Crippen MR) is 91.1 cm³/mol. The SMILES string of the molecule is [3H]c1cn(CC(=O)N2CCC2)c2cc(-c3ccc(F)c(C)c3)cnc12. The van der Waals surface area contributed by atoms with Gasteiger partial charge in [0.25, 0.3) is 0 Å². The Kier molecular flexibility index (Phi) is 3.28. The zero-order valence-electron chi connectivity index (χ0n) is 14.4. The van der Waals surface area contributed by atoms with E-state index in [1.807, 2.05) is 11.0 Å². The van der Waals surface area contributed by atoms with Crippen molar-refractivity contribution in [2.45, 2.75) is 19.9 Å². The maximum absolute atomic E-state index is 13.5. The zero-order chi connectivity index (χ0) is 17.6. The van der Waals surface area contributed by atoms with Crippen LogP contribution in [-0.4, -0.2) is 33.4 Å². The standard InChI is InChI=1S/C19H18FN3O/c1-13-9-14(3-4-16(13)20)15-10-18-17(21-11-15)5-8-23(18)12-19(24)22-6-2-7-22/h3-5,8-11H,2,6-7,12H2,1H3/i5T. The van der Waals surface area contributed by atoms with Crippen molar-refractivity contribution in [2.75, 3.05) is 13.1 Å². The van der Waals surface area contributed by atoms with Gasteiger partial charge >= 0.3 is 0 Å². The van der Waals surface area contributed by atoms with E-state index < -0.39 is 0 Å². The van der Waals surface area contributed by atoms with Gasteiger partial charge in [0.1, 0.15) is 12.4 Å². The van der Waals surface area contributed by atoms with E-state index in [-0.39, 0.29) is 18.3 Å². The average molecular weight is 325 g/mol. The monoisotopic (exact) mass is 325 g/mol. The Balaban J connectivity index is 1.74. The van der Waals surface area contributed by atoms with Crippen LogP contribution in [0.4, 0.5) is 4.39 Å². The Morgan fingerprint density at radius 1 is 1.33 bits per heavy atom. The van der Waals surface area contributed by atoms with E-state index in [4.69, 9.17) is 1.37 Å². The second kappa shape index (κ2) is 5.74. The second-order valence-electron chi connectivity index (χ2n) is 6.19. The third kappa shape index (κ3) is 2.56. The van der Waals surface area contributed by atoms with Crippen molar-refractivity contribution < 1.29 is 10.6 Å². The van der Waals surface area contributed by atoms with Gasteiger partial charge in [-0.25, -0.2) is 4.39 Å². The summed E-state index contributed by atoms with van der Waals surface area (Å²) >= 11 is 0. The Morgan fingerprint density at radius 3 is 2.88 bits per heavy atom. The lowest BCUT2D eigenvalue weighted by Crippen LogP contribution is -2.43. The number of fused-ring (bicyclic) bond motifs is 1. The maximum Gasteiger partial charge on any atom is 0.242 e. The molecule has 3 heterocycles. The van der Waals surface area contributed by atoms with Gasteiger partial charge in [-0.3, -0.25) is 9.78 Å². The summed E-state index contributed by atoms with van der Waals surface area (Å²) in [5.74, 6) is -0.180. The molecule has 0 atom stereocenters. The molecule has 1 amide bonds. The molecule has 1 saturated heterocycles. The van der Waals surface area contributed by atoms with Crippen molar-refractivity contribution in [3.8, 4) is 11.1 Å². The number of aromatic nitrogens is 2. The number of carbonyl (C=O) groups excluding carboxylic acids is 1. The van der Waals surface area contributed by atoms with Crippen LogP contribution in [0.15, 0.2) is 42.7 Å². The first kappa shape index (κ1) is 13.7. The number of aryl methyl sites for hydroxylation is 1. The van der Waals surface area contributed by atoms with Crippen LogP contribution in [0.1, 0.15) is 13.4 Å². The van der Waals surface area contributed by atoms with E-state index in [1.165, 1.54) is 6.07 Å². The Labute approximate surface area is 140 Å². The molecule has 1 fully saturated rings. The van der Waals surface area contributed by atoms with Crippen LogP contribution in [-0.2, 0) is 11.3 Å². The van der Waals surface area contributed by atoms with Crippen LogP contribution in [0.5, 0.6) is 0 Å². The first-order valence-corrected chi connectivity index (χ1v) is 8.03. The van der Waals surface area contributed by atoms with Gasteiger partial charge in [0.2, 0.25) is 5.91 Å². The topological polar surface area (TPSA) is 38.1 Å². The van der Waals surface area contributed by atoms with Crippen LogP contribution < -0.4 is 0 Å². The number of carbonyl (C=O) groups is 1. The fraction of sp³-hybridized carbons (Fsp3) is 0.263. The third-order valence-electron chi connectivity index (χ3n) is 4.54. The number of halogens is 1. The number of amides is 1. The summed E-state index contributed by atoms with van der Waals surface area (Å²) in [6.07, 6.45) is 4.39. The molecule has 0 aliphatic carbocycles. The molecule has 122 valence electrons. The molecule has 0 radical (unpaired) electrons. The molecule has 1 aromatic carbocycles. The summed E-state index contributed by atoms with van der Waals surface area (Å²) in [6.45, 7) is 3.55. The van der Waals surface area contributed by atoms with E-state index in [9.17, 15) is 9.18 Å². The smallest absolute Gasteiger partial charge is 0.242 e. The minimum Gasteiger partial charge on any atom is -0.341 e. The van der Waals surface area contributed by atoms with Gasteiger partial charge in [-0.05, 0) is 48.7 Å². The highest BCUT2D eigenvalue weighted by molar-refractivity contribution is 5.84. The first-order valence-electron chi connectivity index (χ1n) is 8.53. The number of rotatable bonds is 3. The van der Waals surface area contributed by atoms with Crippen molar-refractivity contribution in [1.29, 1.82) is 0 Å². The lowest BCUT2D eigenvalue weighted by Gasteiger charge is -2.31. The molecule has 2 aromatic heterocycles. The van der Waals surface area contributed by atoms with Crippen molar-refractivity contribution in [2.24, 2.45) is 0 Å². The number of likely N-dealkylation sites (tertiary alicyclic amines) is 1. The number of pyridine rings is 1. The second-order valence-corrected chi connectivity index (χ2v) is 6.19. The Bertz CT molecular complexity index is 978. The largest absolute Gasteiger partial charge is 0.341 e. The quantitative estimate of drug-likeness (QED) is 0.740. The van der Waals surface area contributed by atoms with Crippen LogP contribution in [0.25, 0.3) is 22.2 Å². The highest BCUT2D eigenvalue weighted by Crippen LogP contribution is 2.25. The van der Waals surface area contributed by atoms with Crippen LogP contribution in [0, 0.1) is 12.7 Å². The van der Waals surface area contributed by atoms with E-state index in [1.54, 1.807) is 36.0 Å². The third-order valence-corrected chi connectivity index (χ3v) is 4.54. The van der Waals surface area contributed by atoms with Crippen molar-refractivity contribution >= 4 is 16.9 Å². The summed E-state index contributed by atoms with van der Waals surface area (Å²) < 4.78 is 23.4. The lowest BCUT2D eigenvalue weighted by atomic mass is 10.0. The Morgan fingerprint density at radius 2 is 2.17 bits per heavy atom. The van der Waals surface area contributed by atoms with Gasteiger partial charge < -0.3 is 9.47 Å². The van der Waals surface area contributed by atoms with Gasteiger partial charge in [0, 0.05) is 31.0 Å². The molecular formula is C19H18FN3O. The van der Waals surface area contributed by atoms with Crippen molar-refractivity contribution in [3.63, 3.8) is 0 Å². The summed E-state index contributed by atoms with van der Waals surface area (Å²) in [5, 5.41) is 0. The summed E-state index contributed by atoms with van der Waals surface area (Å²) in [5.41, 5.74) is 3.59. The highest BCUT2D eigenvalue weighted by atomic mass is 19.1. The molecule has 0 unspecified atom stereocenters. The molecule has 0 spiro atoms. The molecule has 0 saturated carbocycles. The first-order chi connectivity index (χ1) is 12.0. The molecule has 1 aliphatic heterocycles. The highest BCUT2D eigenvalue weighted by Gasteiger charge is 2.20. The molecule has 4 rings (SSSR count). The van der Waals surface area contributed by atoms with E-state index in [0.717, 1.165) is 36.2 Å². The van der Waals surface area contributed by atoms with Gasteiger partial charge in [-0.15, -0.1) is 0 Å². The number of hydrogen-bond acceptors (Lipinski definition) is 2. The molecule has 1 aliphatic rings. The lowest BCUT2D eigenvalue weighted by molar-refractivity contribution is -0.135. The summed E-state index contributed by atoms with van der Waals surface area (Å²) in [4.78, 5) is 18.5. The zero-order valence-corrected chi connectivity index (χ0v) is 13.4. The number of benzene rings is 1. The minimum absolute atomic E-state index is 0.0613. The van der Waals surface area contributed by atoms with Gasteiger partial charge in [-0.1, -0.05) is 6.07 Å². The van der Waals surface area contributed by atoms with Gasteiger partial charge in [0.15, 0.2) is 0 Å². The van der Waals surface area contributed by atoms with Gasteiger partial charge in [0.05, 0.1) is 12.4 Å². The average Bonchev–Trinajstić information content (AvgIpc) is 2.84. The molecule has 24 heavy (non-hydrogen) atoms. The summed E-state index contributed by atoms with van der Waals surface area (Å²) in [7, 11) is 0. The number of nitrogens with zero attached hydrogens (tertiary/aromatic N) is 3. The predicted octanol–water partition coefficient (Wildman–Crippen LogP) is 3.38. The molecule has 0 N–H and O–H groups in total. The molecule has 4 nitrogen and oxygen atoms in total. The molecule has 5 heteroatoms. The van der Waals surface area contributed by atoms with Crippen LogP contribution >= 0.6 is 0 Å². The minimum atomic E-state index is -0.241. The molecular weight excluding hydrogens is 305 g/mol.